The van der Waals surface area contributed by atoms with Gasteiger partial charge < -0.3 is 20.3 Å². The zero-order valence-electron chi connectivity index (χ0n) is 12.7. The van der Waals surface area contributed by atoms with Crippen LogP contribution in [0.2, 0.25) is 0 Å². The molecule has 116 valence electrons. The molecular formula is C15H29N3O2. The quantitative estimate of drug-likeness (QED) is 0.755. The van der Waals surface area contributed by atoms with E-state index in [1.54, 1.807) is 0 Å². The van der Waals surface area contributed by atoms with E-state index in [0.717, 1.165) is 45.8 Å². The van der Waals surface area contributed by atoms with Crippen LogP contribution in [0.4, 0.5) is 0 Å². The summed E-state index contributed by atoms with van der Waals surface area (Å²) >= 11 is 0. The summed E-state index contributed by atoms with van der Waals surface area (Å²) < 4.78 is 5.45. The zero-order chi connectivity index (χ0) is 14.2. The second kappa shape index (κ2) is 8.60. The lowest BCUT2D eigenvalue weighted by atomic mass is 10.1. The predicted molar refractivity (Wildman–Crippen MR) is 79.7 cm³/mol. The monoisotopic (exact) mass is 283 g/mol. The minimum absolute atomic E-state index is 0.309. The molecule has 0 radical (unpaired) electrons. The largest absolute Gasteiger partial charge is 0.379 e. The SMILES string of the molecule is CC(CC1COCCN1)NCCC(=O)N1CCCCC1. The van der Waals surface area contributed by atoms with Crippen molar-refractivity contribution in [3.05, 3.63) is 0 Å². The first-order valence-electron chi connectivity index (χ1n) is 8.08. The van der Waals surface area contributed by atoms with Crippen LogP contribution < -0.4 is 10.6 Å². The molecular weight excluding hydrogens is 254 g/mol. The first-order valence-corrected chi connectivity index (χ1v) is 8.08. The van der Waals surface area contributed by atoms with E-state index in [0.29, 0.717) is 24.4 Å². The molecule has 2 N–H and O–H groups in total. The summed E-state index contributed by atoms with van der Waals surface area (Å²) in [5, 5.41) is 6.92. The fourth-order valence-electron chi connectivity index (χ4n) is 3.01. The van der Waals surface area contributed by atoms with Crippen LogP contribution in [0.25, 0.3) is 0 Å². The van der Waals surface area contributed by atoms with E-state index < -0.39 is 0 Å². The Kier molecular flexibility index (Phi) is 6.76. The third kappa shape index (κ3) is 5.38. The summed E-state index contributed by atoms with van der Waals surface area (Å²) in [7, 11) is 0. The van der Waals surface area contributed by atoms with E-state index in [9.17, 15) is 4.79 Å². The molecule has 0 spiro atoms. The maximum absolute atomic E-state index is 12.0. The van der Waals surface area contributed by atoms with Crippen molar-refractivity contribution < 1.29 is 9.53 Å². The molecule has 0 saturated carbocycles. The Balaban J connectivity index is 1.56. The molecule has 0 aliphatic carbocycles. The van der Waals surface area contributed by atoms with Crippen LogP contribution in [-0.4, -0.2) is 62.3 Å². The van der Waals surface area contributed by atoms with Crippen LogP contribution in [0.5, 0.6) is 0 Å². The Morgan fingerprint density at radius 2 is 2.20 bits per heavy atom. The van der Waals surface area contributed by atoms with Gasteiger partial charge in [-0.15, -0.1) is 0 Å². The highest BCUT2D eigenvalue weighted by atomic mass is 16.5. The van der Waals surface area contributed by atoms with Gasteiger partial charge in [0.1, 0.15) is 0 Å². The van der Waals surface area contributed by atoms with E-state index in [1.807, 2.05) is 4.90 Å². The van der Waals surface area contributed by atoms with Crippen molar-refractivity contribution in [3.63, 3.8) is 0 Å². The summed E-state index contributed by atoms with van der Waals surface area (Å²) in [4.78, 5) is 14.0. The van der Waals surface area contributed by atoms with Gasteiger partial charge in [-0.1, -0.05) is 0 Å². The second-order valence-electron chi connectivity index (χ2n) is 6.01. The number of rotatable bonds is 6. The van der Waals surface area contributed by atoms with Crippen molar-refractivity contribution in [1.82, 2.24) is 15.5 Å². The molecule has 5 heteroatoms. The molecule has 20 heavy (non-hydrogen) atoms. The van der Waals surface area contributed by atoms with Gasteiger partial charge in [0.15, 0.2) is 0 Å². The molecule has 2 atom stereocenters. The van der Waals surface area contributed by atoms with E-state index in [-0.39, 0.29) is 0 Å². The number of piperidine rings is 1. The maximum atomic E-state index is 12.0. The smallest absolute Gasteiger partial charge is 0.223 e. The molecule has 1 amide bonds. The Hall–Kier alpha value is -0.650. The molecule has 2 fully saturated rings. The standard InChI is InChI=1S/C15H29N3O2/c1-13(11-14-12-20-10-7-17-14)16-6-5-15(19)18-8-3-2-4-9-18/h13-14,16-17H,2-12H2,1H3. The Morgan fingerprint density at radius 1 is 1.40 bits per heavy atom. The van der Waals surface area contributed by atoms with Gasteiger partial charge in [0.25, 0.3) is 0 Å². The van der Waals surface area contributed by atoms with E-state index in [4.69, 9.17) is 4.74 Å². The van der Waals surface area contributed by atoms with E-state index in [1.165, 1.54) is 19.3 Å². The van der Waals surface area contributed by atoms with Crippen molar-refractivity contribution in [3.8, 4) is 0 Å². The number of carbonyl (C=O) groups excluding carboxylic acids is 1. The zero-order valence-corrected chi connectivity index (χ0v) is 12.7. The lowest BCUT2D eigenvalue weighted by molar-refractivity contribution is -0.132. The van der Waals surface area contributed by atoms with Crippen LogP contribution in [0.1, 0.15) is 39.0 Å². The molecule has 2 rings (SSSR count). The van der Waals surface area contributed by atoms with Gasteiger partial charge in [-0.2, -0.15) is 0 Å². The highest BCUT2D eigenvalue weighted by molar-refractivity contribution is 5.76. The summed E-state index contributed by atoms with van der Waals surface area (Å²) in [6, 6.07) is 0.868. The summed E-state index contributed by atoms with van der Waals surface area (Å²) in [5.74, 6) is 0.309. The Bertz CT molecular complexity index is 287. The van der Waals surface area contributed by atoms with Gasteiger partial charge in [0.2, 0.25) is 5.91 Å². The summed E-state index contributed by atoms with van der Waals surface area (Å²) in [6.45, 7) is 7.45. The molecule has 0 aromatic carbocycles. The van der Waals surface area contributed by atoms with Crippen LogP contribution >= 0.6 is 0 Å². The number of hydrogen-bond acceptors (Lipinski definition) is 4. The highest BCUT2D eigenvalue weighted by Crippen LogP contribution is 2.09. The van der Waals surface area contributed by atoms with Crippen molar-refractivity contribution in [1.29, 1.82) is 0 Å². The fraction of sp³-hybridized carbons (Fsp3) is 0.933. The molecule has 0 aromatic rings. The average Bonchev–Trinajstić information content (AvgIpc) is 2.49. The number of amides is 1. The van der Waals surface area contributed by atoms with E-state index >= 15 is 0 Å². The first-order chi connectivity index (χ1) is 9.75. The Labute approximate surface area is 122 Å². The number of ether oxygens (including phenoxy) is 1. The number of likely N-dealkylation sites (tertiary alicyclic amines) is 1. The third-order valence-corrected chi connectivity index (χ3v) is 4.18. The van der Waals surface area contributed by atoms with Crippen molar-refractivity contribution in [2.24, 2.45) is 0 Å². The van der Waals surface area contributed by atoms with Crippen LogP contribution in [-0.2, 0) is 9.53 Å². The Morgan fingerprint density at radius 3 is 2.90 bits per heavy atom. The summed E-state index contributed by atoms with van der Waals surface area (Å²) in [6.07, 6.45) is 5.29. The van der Waals surface area contributed by atoms with Gasteiger partial charge in [-0.25, -0.2) is 0 Å². The normalized spacial score (nSPS) is 25.4. The van der Waals surface area contributed by atoms with Gasteiger partial charge >= 0.3 is 0 Å². The topological polar surface area (TPSA) is 53.6 Å². The predicted octanol–water partition coefficient (Wildman–Crippen LogP) is 0.746. The molecule has 2 saturated heterocycles. The first kappa shape index (κ1) is 15.7. The number of carbonyl (C=O) groups is 1. The second-order valence-corrected chi connectivity index (χ2v) is 6.01. The van der Waals surface area contributed by atoms with Gasteiger partial charge in [0.05, 0.1) is 13.2 Å². The molecule has 0 aromatic heterocycles. The lowest BCUT2D eigenvalue weighted by Crippen LogP contribution is -2.45. The average molecular weight is 283 g/mol. The molecule has 5 nitrogen and oxygen atoms in total. The van der Waals surface area contributed by atoms with Crippen molar-refractivity contribution in [2.75, 3.05) is 39.4 Å². The molecule has 2 heterocycles. The van der Waals surface area contributed by atoms with Crippen molar-refractivity contribution >= 4 is 5.91 Å². The lowest BCUT2D eigenvalue weighted by Gasteiger charge is -2.28. The number of nitrogens with one attached hydrogen (secondary N) is 2. The van der Waals surface area contributed by atoms with Gasteiger partial charge in [0, 0.05) is 44.7 Å². The van der Waals surface area contributed by atoms with Gasteiger partial charge in [-0.3, -0.25) is 4.79 Å². The number of nitrogens with zero attached hydrogens (tertiary/aromatic N) is 1. The number of hydrogen-bond donors (Lipinski definition) is 2. The minimum Gasteiger partial charge on any atom is -0.379 e. The molecule has 2 aliphatic rings. The maximum Gasteiger partial charge on any atom is 0.223 e. The van der Waals surface area contributed by atoms with E-state index in [2.05, 4.69) is 17.6 Å². The molecule has 2 aliphatic heterocycles. The fourth-order valence-corrected chi connectivity index (χ4v) is 3.01. The van der Waals surface area contributed by atoms with Crippen LogP contribution in [0, 0.1) is 0 Å². The summed E-state index contributed by atoms with van der Waals surface area (Å²) in [5.41, 5.74) is 0. The number of morpholine rings is 1. The van der Waals surface area contributed by atoms with Crippen molar-refractivity contribution in [2.45, 2.75) is 51.1 Å². The van der Waals surface area contributed by atoms with Crippen LogP contribution in [0.3, 0.4) is 0 Å². The molecule has 0 bridgehead atoms. The molecule has 2 unspecified atom stereocenters. The van der Waals surface area contributed by atoms with Crippen LogP contribution in [0.15, 0.2) is 0 Å². The van der Waals surface area contributed by atoms with Gasteiger partial charge in [-0.05, 0) is 32.6 Å². The third-order valence-electron chi connectivity index (χ3n) is 4.18. The highest BCUT2D eigenvalue weighted by Gasteiger charge is 2.18. The minimum atomic E-state index is 0.309.